The van der Waals surface area contributed by atoms with Gasteiger partial charge in [0.2, 0.25) is 0 Å². The van der Waals surface area contributed by atoms with Crippen molar-refractivity contribution >= 4 is 17.4 Å². The highest BCUT2D eigenvalue weighted by Gasteiger charge is 2.10. The van der Waals surface area contributed by atoms with Crippen molar-refractivity contribution in [3.05, 3.63) is 35.0 Å². The average molecular weight is 278 g/mol. The van der Waals surface area contributed by atoms with Crippen molar-refractivity contribution in [3.8, 4) is 17.1 Å². The summed E-state index contributed by atoms with van der Waals surface area (Å²) in [5.74, 6) is 1.72. The van der Waals surface area contributed by atoms with Gasteiger partial charge in [0.15, 0.2) is 5.82 Å². The van der Waals surface area contributed by atoms with Crippen LogP contribution in [0.1, 0.15) is 25.5 Å². The molecule has 0 aliphatic carbocycles. The number of phenolic OH excluding ortho intramolecular Hbond substituents is 1. The van der Waals surface area contributed by atoms with Crippen LogP contribution < -0.4 is 5.32 Å². The van der Waals surface area contributed by atoms with Crippen LogP contribution >= 0.6 is 11.6 Å². The third-order valence-electron chi connectivity index (χ3n) is 2.80. The van der Waals surface area contributed by atoms with Crippen LogP contribution in [0.15, 0.2) is 24.3 Å². The van der Waals surface area contributed by atoms with Crippen molar-refractivity contribution in [3.63, 3.8) is 0 Å². The molecule has 0 atom stereocenters. The highest BCUT2D eigenvalue weighted by atomic mass is 35.5. The molecule has 0 saturated carbocycles. The molecule has 0 aliphatic heterocycles. The van der Waals surface area contributed by atoms with Gasteiger partial charge in [-0.15, -0.1) is 0 Å². The normalized spacial score (nSPS) is 10.8. The molecule has 1 aromatic carbocycles. The van der Waals surface area contributed by atoms with Gasteiger partial charge in [-0.2, -0.15) is 0 Å². The number of aromatic hydroxyl groups is 1. The number of hydrogen-bond donors (Lipinski definition) is 2. The molecular weight excluding hydrogens is 262 g/mol. The second kappa shape index (κ2) is 5.45. The molecule has 19 heavy (non-hydrogen) atoms. The van der Waals surface area contributed by atoms with Gasteiger partial charge in [-0.05, 0) is 24.1 Å². The highest BCUT2D eigenvalue weighted by molar-refractivity contribution is 6.32. The van der Waals surface area contributed by atoms with E-state index in [-0.39, 0.29) is 5.75 Å². The Labute approximate surface area is 117 Å². The van der Waals surface area contributed by atoms with Gasteiger partial charge in [0.1, 0.15) is 11.6 Å². The van der Waals surface area contributed by atoms with E-state index in [0.717, 1.165) is 17.1 Å². The Balaban J connectivity index is 2.54. The molecule has 5 heteroatoms. The minimum absolute atomic E-state index is 0.0549. The van der Waals surface area contributed by atoms with Crippen molar-refractivity contribution in [2.24, 2.45) is 0 Å². The Morgan fingerprint density at radius 2 is 1.95 bits per heavy atom. The number of aromatic nitrogens is 2. The lowest BCUT2D eigenvalue weighted by Gasteiger charge is -2.10. The molecule has 0 saturated heterocycles. The largest absolute Gasteiger partial charge is 0.506 e. The van der Waals surface area contributed by atoms with Crippen LogP contribution in [0.4, 0.5) is 5.82 Å². The zero-order valence-electron chi connectivity index (χ0n) is 11.1. The van der Waals surface area contributed by atoms with Crippen LogP contribution in [-0.2, 0) is 0 Å². The fourth-order valence-corrected chi connectivity index (χ4v) is 1.85. The first-order valence-corrected chi connectivity index (χ1v) is 6.44. The molecule has 0 unspecified atom stereocenters. The van der Waals surface area contributed by atoms with Crippen LogP contribution in [0.3, 0.4) is 0 Å². The van der Waals surface area contributed by atoms with Crippen LogP contribution in [0.2, 0.25) is 5.02 Å². The lowest BCUT2D eigenvalue weighted by molar-refractivity contribution is 0.475. The van der Waals surface area contributed by atoms with E-state index in [0.29, 0.717) is 16.8 Å². The van der Waals surface area contributed by atoms with Crippen molar-refractivity contribution in [2.45, 2.75) is 19.8 Å². The third-order valence-corrected chi connectivity index (χ3v) is 3.10. The summed E-state index contributed by atoms with van der Waals surface area (Å²) in [6, 6.07) is 6.88. The fraction of sp³-hybridized carbons (Fsp3) is 0.286. The van der Waals surface area contributed by atoms with E-state index in [9.17, 15) is 5.11 Å². The van der Waals surface area contributed by atoms with E-state index >= 15 is 0 Å². The second-order valence-corrected chi connectivity index (χ2v) is 4.98. The number of rotatable bonds is 3. The van der Waals surface area contributed by atoms with E-state index in [1.165, 1.54) is 0 Å². The lowest BCUT2D eigenvalue weighted by atomic mass is 10.1. The molecule has 0 amide bonds. The molecule has 1 heterocycles. The molecule has 2 N–H and O–H groups in total. The summed E-state index contributed by atoms with van der Waals surface area (Å²) in [4.78, 5) is 8.94. The Morgan fingerprint density at radius 3 is 2.53 bits per heavy atom. The fourth-order valence-electron chi connectivity index (χ4n) is 1.66. The monoisotopic (exact) mass is 277 g/mol. The molecule has 100 valence electrons. The third kappa shape index (κ3) is 2.96. The summed E-state index contributed by atoms with van der Waals surface area (Å²) in [5.41, 5.74) is 1.74. The number of anilines is 1. The molecule has 1 aromatic heterocycles. The second-order valence-electron chi connectivity index (χ2n) is 4.57. The maximum absolute atomic E-state index is 9.45. The first kappa shape index (κ1) is 13.6. The minimum atomic E-state index is 0.0549. The standard InChI is InChI=1S/C14H16ClN3O/c1-8(2)11-7-13(16-3)18-14(17-11)9-4-5-12(19)10(15)6-9/h4-8,19H,1-3H3,(H,16,17,18). The van der Waals surface area contributed by atoms with Crippen molar-refractivity contribution in [2.75, 3.05) is 12.4 Å². The quantitative estimate of drug-likeness (QED) is 0.899. The number of nitrogens with zero attached hydrogens (tertiary/aromatic N) is 2. The van der Waals surface area contributed by atoms with Gasteiger partial charge < -0.3 is 10.4 Å². The summed E-state index contributed by atoms with van der Waals surface area (Å²) in [5, 5.41) is 12.8. The van der Waals surface area contributed by atoms with E-state index < -0.39 is 0 Å². The van der Waals surface area contributed by atoms with E-state index in [1.54, 1.807) is 18.2 Å². The molecule has 2 rings (SSSR count). The molecule has 4 nitrogen and oxygen atoms in total. The zero-order valence-corrected chi connectivity index (χ0v) is 11.9. The van der Waals surface area contributed by atoms with Crippen LogP contribution in [-0.4, -0.2) is 22.1 Å². The zero-order chi connectivity index (χ0) is 14.0. The summed E-state index contributed by atoms with van der Waals surface area (Å²) in [6.07, 6.45) is 0. The molecule has 0 bridgehead atoms. The Bertz CT molecular complexity index is 599. The van der Waals surface area contributed by atoms with E-state index in [4.69, 9.17) is 11.6 Å². The van der Waals surface area contributed by atoms with E-state index in [1.807, 2.05) is 13.1 Å². The molecular formula is C14H16ClN3O. The number of halogens is 1. The molecule has 0 aliphatic rings. The number of phenols is 1. The smallest absolute Gasteiger partial charge is 0.161 e. The van der Waals surface area contributed by atoms with Gasteiger partial charge in [0.25, 0.3) is 0 Å². The molecule has 0 radical (unpaired) electrons. The van der Waals surface area contributed by atoms with Gasteiger partial charge >= 0.3 is 0 Å². The van der Waals surface area contributed by atoms with Gasteiger partial charge in [0.05, 0.1) is 5.02 Å². The van der Waals surface area contributed by atoms with Crippen LogP contribution in [0.5, 0.6) is 5.75 Å². The van der Waals surface area contributed by atoms with Crippen LogP contribution in [0.25, 0.3) is 11.4 Å². The van der Waals surface area contributed by atoms with Crippen molar-refractivity contribution in [1.29, 1.82) is 0 Å². The Hall–Kier alpha value is -1.81. The first-order valence-electron chi connectivity index (χ1n) is 6.07. The molecule has 0 fully saturated rings. The van der Waals surface area contributed by atoms with Gasteiger partial charge in [0, 0.05) is 24.4 Å². The topological polar surface area (TPSA) is 58.0 Å². The lowest BCUT2D eigenvalue weighted by Crippen LogP contribution is -2.02. The molecule has 0 spiro atoms. The first-order chi connectivity index (χ1) is 9.01. The maximum Gasteiger partial charge on any atom is 0.161 e. The van der Waals surface area contributed by atoms with Crippen molar-refractivity contribution < 1.29 is 5.11 Å². The Kier molecular flexibility index (Phi) is 3.90. The summed E-state index contributed by atoms with van der Waals surface area (Å²) < 4.78 is 0. The number of hydrogen-bond acceptors (Lipinski definition) is 4. The van der Waals surface area contributed by atoms with Crippen molar-refractivity contribution in [1.82, 2.24) is 9.97 Å². The van der Waals surface area contributed by atoms with Gasteiger partial charge in [-0.1, -0.05) is 25.4 Å². The van der Waals surface area contributed by atoms with Gasteiger partial charge in [-0.3, -0.25) is 0 Å². The van der Waals surface area contributed by atoms with E-state index in [2.05, 4.69) is 29.1 Å². The maximum atomic E-state index is 9.45. The number of benzene rings is 1. The highest BCUT2D eigenvalue weighted by Crippen LogP contribution is 2.29. The summed E-state index contributed by atoms with van der Waals surface area (Å²) in [6.45, 7) is 4.16. The molecule has 2 aromatic rings. The summed E-state index contributed by atoms with van der Waals surface area (Å²) in [7, 11) is 1.82. The minimum Gasteiger partial charge on any atom is -0.506 e. The van der Waals surface area contributed by atoms with Crippen LogP contribution in [0, 0.1) is 0 Å². The predicted octanol–water partition coefficient (Wildman–Crippen LogP) is 3.67. The summed E-state index contributed by atoms with van der Waals surface area (Å²) >= 11 is 5.92. The average Bonchev–Trinajstić information content (AvgIpc) is 2.41. The number of nitrogens with one attached hydrogen (secondary N) is 1. The predicted molar refractivity (Wildman–Crippen MR) is 77.8 cm³/mol. The van der Waals surface area contributed by atoms with Gasteiger partial charge in [-0.25, -0.2) is 9.97 Å². The Morgan fingerprint density at radius 1 is 1.21 bits per heavy atom. The SMILES string of the molecule is CNc1cc(C(C)C)nc(-c2ccc(O)c(Cl)c2)n1.